The molecule has 1 atom stereocenters. The van der Waals surface area contributed by atoms with E-state index in [0.717, 1.165) is 11.1 Å². The fourth-order valence-corrected chi connectivity index (χ4v) is 4.66. The predicted octanol–water partition coefficient (Wildman–Crippen LogP) is 2.80. The lowest BCUT2D eigenvalue weighted by Gasteiger charge is -2.33. The maximum atomic E-state index is 12.7. The third-order valence-electron chi connectivity index (χ3n) is 6.86. The number of aromatic nitrogens is 2. The molecule has 5 rings (SSSR count). The Balaban J connectivity index is 1.07. The lowest BCUT2D eigenvalue weighted by molar-refractivity contribution is -0.128. The molecular weight excluding hydrogens is 470 g/mol. The smallest absolute Gasteiger partial charge is 0.324 e. The first-order valence-electron chi connectivity index (χ1n) is 12.4. The molecule has 190 valence electrons. The molecule has 2 aliphatic rings. The summed E-state index contributed by atoms with van der Waals surface area (Å²) in [5.41, 5.74) is 3.66. The Bertz CT molecular complexity index is 1290. The molecule has 0 bridgehead atoms. The van der Waals surface area contributed by atoms with Gasteiger partial charge in [-0.2, -0.15) is 10.2 Å². The quantitative estimate of drug-likeness (QED) is 0.554. The number of amides is 3. The Morgan fingerprint density at radius 2 is 1.84 bits per heavy atom. The second kappa shape index (κ2) is 10.7. The van der Waals surface area contributed by atoms with Gasteiger partial charge in [-0.1, -0.05) is 35.0 Å². The molecule has 1 N–H and O–H groups in total. The minimum atomic E-state index is -0.118. The molecule has 37 heavy (non-hydrogen) atoms. The van der Waals surface area contributed by atoms with Gasteiger partial charge in [0.1, 0.15) is 0 Å². The lowest BCUT2D eigenvalue weighted by atomic mass is 10.1. The Labute approximate surface area is 215 Å². The van der Waals surface area contributed by atoms with E-state index in [9.17, 15) is 9.59 Å². The van der Waals surface area contributed by atoms with Crippen LogP contribution in [0, 0.1) is 24.2 Å². The van der Waals surface area contributed by atoms with Crippen molar-refractivity contribution in [2.75, 3.05) is 44.2 Å². The molecule has 0 spiro atoms. The molecule has 3 aromatic rings. The fraction of sp³-hybridized carbons (Fsp3) is 0.370. The normalized spacial score (nSPS) is 17.7. The van der Waals surface area contributed by atoms with Crippen molar-refractivity contribution in [3.8, 4) is 17.5 Å². The molecular formula is C27H29N7O3. The number of anilines is 1. The SMILES string of the molecule is Cc1ccc(CN2CC(CNC(=O)N3CCN(c4nc(-c5ccc(C#N)cc5)no4)CC3)CC2=O)cc1. The number of carbonyl (C=O) groups excluding carboxylic acids is 2. The van der Waals surface area contributed by atoms with Crippen LogP contribution in [-0.2, 0) is 11.3 Å². The van der Waals surface area contributed by atoms with Crippen molar-refractivity contribution >= 4 is 18.0 Å². The van der Waals surface area contributed by atoms with E-state index in [0.29, 0.717) is 69.6 Å². The number of hydrogen-bond acceptors (Lipinski definition) is 7. The molecule has 10 heteroatoms. The maximum absolute atomic E-state index is 12.7. The number of nitrogens with one attached hydrogen (secondary N) is 1. The lowest BCUT2D eigenvalue weighted by Crippen LogP contribution is -2.52. The van der Waals surface area contributed by atoms with E-state index in [1.54, 1.807) is 29.2 Å². The molecule has 10 nitrogen and oxygen atoms in total. The number of carbonyl (C=O) groups is 2. The standard InChI is InChI=1S/C27H29N7O3/c1-19-2-4-21(5-3-19)17-34-18-22(14-24(34)35)16-29-26(36)32-10-12-33(13-11-32)27-30-25(31-37-27)23-8-6-20(15-28)7-9-23/h2-9,22H,10-14,16-18H2,1H3,(H,29,36). The summed E-state index contributed by atoms with van der Waals surface area (Å²) in [6.45, 7) is 6.00. The van der Waals surface area contributed by atoms with E-state index in [2.05, 4.69) is 45.8 Å². The van der Waals surface area contributed by atoms with E-state index in [4.69, 9.17) is 9.78 Å². The van der Waals surface area contributed by atoms with E-state index in [1.165, 1.54) is 5.56 Å². The van der Waals surface area contributed by atoms with Crippen LogP contribution in [0.1, 0.15) is 23.1 Å². The summed E-state index contributed by atoms with van der Waals surface area (Å²) in [6, 6.07) is 17.6. The third kappa shape index (κ3) is 5.72. The van der Waals surface area contributed by atoms with Gasteiger partial charge in [0, 0.05) is 63.7 Å². The van der Waals surface area contributed by atoms with Gasteiger partial charge in [-0.05, 0) is 36.8 Å². The van der Waals surface area contributed by atoms with Gasteiger partial charge in [-0.3, -0.25) is 4.79 Å². The van der Waals surface area contributed by atoms with E-state index < -0.39 is 0 Å². The Morgan fingerprint density at radius 3 is 2.54 bits per heavy atom. The number of nitriles is 1. The van der Waals surface area contributed by atoms with Crippen LogP contribution in [0.2, 0.25) is 0 Å². The van der Waals surface area contributed by atoms with Crippen molar-refractivity contribution in [1.82, 2.24) is 25.3 Å². The second-order valence-corrected chi connectivity index (χ2v) is 9.58. The summed E-state index contributed by atoms with van der Waals surface area (Å²) in [6.07, 6.45) is 0.457. The molecule has 0 radical (unpaired) electrons. The Kier molecular flexibility index (Phi) is 7.03. The van der Waals surface area contributed by atoms with Crippen molar-refractivity contribution in [3.05, 3.63) is 65.2 Å². The third-order valence-corrected chi connectivity index (χ3v) is 6.86. The van der Waals surface area contributed by atoms with Crippen LogP contribution in [0.15, 0.2) is 53.1 Å². The van der Waals surface area contributed by atoms with E-state index >= 15 is 0 Å². The van der Waals surface area contributed by atoms with Crippen LogP contribution < -0.4 is 10.2 Å². The molecule has 0 saturated carbocycles. The molecule has 0 aliphatic carbocycles. The average molecular weight is 500 g/mol. The number of nitrogens with zero attached hydrogens (tertiary/aromatic N) is 6. The number of piperazine rings is 1. The summed E-state index contributed by atoms with van der Waals surface area (Å²) in [5.74, 6) is 0.706. The number of benzene rings is 2. The second-order valence-electron chi connectivity index (χ2n) is 9.58. The van der Waals surface area contributed by atoms with E-state index in [-0.39, 0.29) is 17.9 Å². The Morgan fingerprint density at radius 1 is 1.11 bits per heavy atom. The summed E-state index contributed by atoms with van der Waals surface area (Å²) in [5, 5.41) is 16.0. The summed E-state index contributed by atoms with van der Waals surface area (Å²) in [7, 11) is 0. The highest BCUT2D eigenvalue weighted by Gasteiger charge is 2.31. The molecule has 3 amide bonds. The molecule has 2 aromatic carbocycles. The summed E-state index contributed by atoms with van der Waals surface area (Å²) >= 11 is 0. The molecule has 3 heterocycles. The molecule has 2 saturated heterocycles. The number of aryl methyl sites for hydroxylation is 1. The first-order chi connectivity index (χ1) is 18.0. The first-order valence-corrected chi connectivity index (χ1v) is 12.4. The van der Waals surface area contributed by atoms with Crippen molar-refractivity contribution in [2.45, 2.75) is 19.9 Å². The van der Waals surface area contributed by atoms with Gasteiger partial charge >= 0.3 is 12.0 Å². The van der Waals surface area contributed by atoms with Gasteiger partial charge < -0.3 is 24.5 Å². The van der Waals surface area contributed by atoms with E-state index in [1.807, 2.05) is 16.7 Å². The van der Waals surface area contributed by atoms with Crippen molar-refractivity contribution in [1.29, 1.82) is 5.26 Å². The largest absolute Gasteiger partial charge is 0.338 e. The topological polar surface area (TPSA) is 119 Å². The summed E-state index contributed by atoms with van der Waals surface area (Å²) in [4.78, 5) is 35.3. The number of hydrogen-bond donors (Lipinski definition) is 1. The minimum Gasteiger partial charge on any atom is -0.338 e. The van der Waals surface area contributed by atoms with Gasteiger partial charge in [-0.15, -0.1) is 0 Å². The minimum absolute atomic E-state index is 0.113. The number of urea groups is 1. The van der Waals surface area contributed by atoms with Crippen LogP contribution >= 0.6 is 0 Å². The maximum Gasteiger partial charge on any atom is 0.324 e. The van der Waals surface area contributed by atoms with Gasteiger partial charge in [0.05, 0.1) is 11.6 Å². The highest BCUT2D eigenvalue weighted by Crippen LogP contribution is 2.22. The van der Waals surface area contributed by atoms with Crippen LogP contribution in [0.3, 0.4) is 0 Å². The highest BCUT2D eigenvalue weighted by atomic mass is 16.5. The van der Waals surface area contributed by atoms with Crippen LogP contribution in [0.25, 0.3) is 11.4 Å². The first kappa shape index (κ1) is 24.3. The Hall–Kier alpha value is -4.39. The van der Waals surface area contributed by atoms with Crippen molar-refractivity contribution in [3.63, 3.8) is 0 Å². The predicted molar refractivity (Wildman–Crippen MR) is 136 cm³/mol. The zero-order chi connectivity index (χ0) is 25.8. The fourth-order valence-electron chi connectivity index (χ4n) is 4.66. The van der Waals surface area contributed by atoms with Crippen molar-refractivity contribution in [2.24, 2.45) is 5.92 Å². The zero-order valence-electron chi connectivity index (χ0n) is 20.8. The van der Waals surface area contributed by atoms with Crippen LogP contribution in [0.5, 0.6) is 0 Å². The monoisotopic (exact) mass is 499 g/mol. The molecule has 1 unspecified atom stereocenters. The highest BCUT2D eigenvalue weighted by molar-refractivity contribution is 5.79. The molecule has 2 fully saturated rings. The van der Waals surface area contributed by atoms with Gasteiger partial charge in [-0.25, -0.2) is 4.79 Å². The van der Waals surface area contributed by atoms with Crippen LogP contribution in [0.4, 0.5) is 10.8 Å². The number of rotatable bonds is 6. The summed E-state index contributed by atoms with van der Waals surface area (Å²) < 4.78 is 5.44. The number of likely N-dealkylation sites (tertiary alicyclic amines) is 1. The van der Waals surface area contributed by atoms with Gasteiger partial charge in [0.25, 0.3) is 0 Å². The van der Waals surface area contributed by atoms with Crippen LogP contribution in [-0.4, -0.2) is 71.1 Å². The van der Waals surface area contributed by atoms with Gasteiger partial charge in [0.15, 0.2) is 0 Å². The molecule has 2 aliphatic heterocycles. The average Bonchev–Trinajstić information content (AvgIpc) is 3.56. The zero-order valence-corrected chi connectivity index (χ0v) is 20.8. The van der Waals surface area contributed by atoms with Crippen molar-refractivity contribution < 1.29 is 14.1 Å². The molecule has 1 aromatic heterocycles. The van der Waals surface area contributed by atoms with Gasteiger partial charge in [0.2, 0.25) is 11.7 Å².